The van der Waals surface area contributed by atoms with E-state index in [-0.39, 0.29) is 6.10 Å². The van der Waals surface area contributed by atoms with Crippen LogP contribution in [0.3, 0.4) is 0 Å². The van der Waals surface area contributed by atoms with Crippen LogP contribution in [0.2, 0.25) is 0 Å². The van der Waals surface area contributed by atoms with Crippen LogP contribution in [0.5, 0.6) is 5.75 Å². The van der Waals surface area contributed by atoms with Crippen molar-refractivity contribution >= 4 is 0 Å². The van der Waals surface area contributed by atoms with Crippen molar-refractivity contribution in [2.24, 2.45) is 5.73 Å². The molecular formula is C14H23NO3. The Labute approximate surface area is 109 Å². The number of benzene rings is 1. The molecule has 1 aromatic rings. The van der Waals surface area contributed by atoms with Crippen LogP contribution in [-0.2, 0) is 16.0 Å². The van der Waals surface area contributed by atoms with Gasteiger partial charge in [0.15, 0.2) is 0 Å². The van der Waals surface area contributed by atoms with Crippen LogP contribution >= 0.6 is 0 Å². The summed E-state index contributed by atoms with van der Waals surface area (Å²) >= 11 is 0. The maximum atomic E-state index is 5.56. The first-order valence-corrected chi connectivity index (χ1v) is 6.33. The van der Waals surface area contributed by atoms with E-state index in [1.54, 1.807) is 0 Å². The summed E-state index contributed by atoms with van der Waals surface area (Å²) in [4.78, 5) is 0. The van der Waals surface area contributed by atoms with Gasteiger partial charge in [-0.1, -0.05) is 12.1 Å². The van der Waals surface area contributed by atoms with Crippen LogP contribution in [0.15, 0.2) is 24.3 Å². The second-order valence-electron chi connectivity index (χ2n) is 4.23. The maximum absolute atomic E-state index is 5.56. The van der Waals surface area contributed by atoms with Gasteiger partial charge in [-0.05, 0) is 31.5 Å². The lowest BCUT2D eigenvalue weighted by Gasteiger charge is -2.09. The average Bonchev–Trinajstić information content (AvgIpc) is 2.37. The third-order valence-electron chi connectivity index (χ3n) is 2.31. The SMILES string of the molecule is CC(C)OCCOCCOc1cccc(CN)c1. The molecule has 4 heteroatoms. The normalized spacial score (nSPS) is 10.9. The molecule has 0 aromatic heterocycles. The summed E-state index contributed by atoms with van der Waals surface area (Å²) in [5.74, 6) is 0.833. The van der Waals surface area contributed by atoms with Crippen LogP contribution in [-0.4, -0.2) is 32.5 Å². The first-order chi connectivity index (χ1) is 8.72. The van der Waals surface area contributed by atoms with Gasteiger partial charge in [0.05, 0.1) is 25.9 Å². The lowest BCUT2D eigenvalue weighted by atomic mass is 10.2. The first-order valence-electron chi connectivity index (χ1n) is 6.33. The van der Waals surface area contributed by atoms with Gasteiger partial charge >= 0.3 is 0 Å². The van der Waals surface area contributed by atoms with E-state index in [1.807, 2.05) is 38.1 Å². The summed E-state index contributed by atoms with van der Waals surface area (Å²) in [6, 6.07) is 7.78. The Morgan fingerprint density at radius 2 is 1.89 bits per heavy atom. The Kier molecular flexibility index (Phi) is 7.41. The smallest absolute Gasteiger partial charge is 0.119 e. The molecule has 18 heavy (non-hydrogen) atoms. The quantitative estimate of drug-likeness (QED) is 0.684. The van der Waals surface area contributed by atoms with Crippen molar-refractivity contribution in [1.29, 1.82) is 0 Å². The maximum Gasteiger partial charge on any atom is 0.119 e. The molecule has 102 valence electrons. The Morgan fingerprint density at radius 1 is 1.11 bits per heavy atom. The van der Waals surface area contributed by atoms with Gasteiger partial charge < -0.3 is 19.9 Å². The number of hydrogen-bond acceptors (Lipinski definition) is 4. The predicted molar refractivity (Wildman–Crippen MR) is 71.7 cm³/mol. The van der Waals surface area contributed by atoms with E-state index in [9.17, 15) is 0 Å². The summed E-state index contributed by atoms with van der Waals surface area (Å²) in [7, 11) is 0. The van der Waals surface area contributed by atoms with Gasteiger partial charge in [-0.15, -0.1) is 0 Å². The van der Waals surface area contributed by atoms with Crippen LogP contribution in [0.4, 0.5) is 0 Å². The molecule has 0 heterocycles. The van der Waals surface area contributed by atoms with Crippen LogP contribution in [0.25, 0.3) is 0 Å². The highest BCUT2D eigenvalue weighted by molar-refractivity contribution is 5.28. The van der Waals surface area contributed by atoms with Gasteiger partial charge in [-0.25, -0.2) is 0 Å². The van der Waals surface area contributed by atoms with Gasteiger partial charge in [0.1, 0.15) is 12.4 Å². The predicted octanol–water partition coefficient (Wildman–Crippen LogP) is 1.97. The summed E-state index contributed by atoms with van der Waals surface area (Å²) in [6.45, 7) is 6.87. The summed E-state index contributed by atoms with van der Waals surface area (Å²) in [6.07, 6.45) is 0.254. The molecule has 0 saturated heterocycles. The molecule has 0 amide bonds. The fraction of sp³-hybridized carbons (Fsp3) is 0.571. The highest BCUT2D eigenvalue weighted by atomic mass is 16.5. The molecule has 1 rings (SSSR count). The minimum Gasteiger partial charge on any atom is -0.491 e. The van der Waals surface area contributed by atoms with Crippen LogP contribution in [0.1, 0.15) is 19.4 Å². The Bertz CT molecular complexity index is 329. The summed E-state index contributed by atoms with van der Waals surface area (Å²) < 4.78 is 16.3. The first kappa shape index (κ1) is 15.0. The number of nitrogens with two attached hydrogens (primary N) is 1. The molecule has 0 spiro atoms. The lowest BCUT2D eigenvalue weighted by Crippen LogP contribution is -2.13. The molecule has 0 aliphatic heterocycles. The van der Waals surface area contributed by atoms with E-state index in [0.29, 0.717) is 33.0 Å². The van der Waals surface area contributed by atoms with Crippen molar-refractivity contribution in [2.45, 2.75) is 26.5 Å². The largest absolute Gasteiger partial charge is 0.491 e. The Morgan fingerprint density at radius 3 is 2.61 bits per heavy atom. The zero-order chi connectivity index (χ0) is 13.2. The lowest BCUT2D eigenvalue weighted by molar-refractivity contribution is 0.0124. The molecule has 0 bridgehead atoms. The van der Waals surface area contributed by atoms with E-state index in [2.05, 4.69) is 0 Å². The second-order valence-corrected chi connectivity index (χ2v) is 4.23. The Hall–Kier alpha value is -1.10. The van der Waals surface area contributed by atoms with Gasteiger partial charge in [0.25, 0.3) is 0 Å². The minimum atomic E-state index is 0.254. The molecule has 0 unspecified atom stereocenters. The number of hydrogen-bond donors (Lipinski definition) is 1. The molecule has 0 aliphatic carbocycles. The fourth-order valence-electron chi connectivity index (χ4n) is 1.43. The van der Waals surface area contributed by atoms with Crippen molar-refractivity contribution in [2.75, 3.05) is 26.4 Å². The molecule has 0 fully saturated rings. The van der Waals surface area contributed by atoms with Crippen molar-refractivity contribution in [1.82, 2.24) is 0 Å². The summed E-state index contributed by atoms with van der Waals surface area (Å²) in [5.41, 5.74) is 6.63. The average molecular weight is 253 g/mol. The Balaban J connectivity index is 2.06. The van der Waals surface area contributed by atoms with E-state index < -0.39 is 0 Å². The molecule has 0 radical (unpaired) electrons. The summed E-state index contributed by atoms with van der Waals surface area (Å²) in [5, 5.41) is 0. The second kappa shape index (κ2) is 8.91. The number of ether oxygens (including phenoxy) is 3. The van der Waals surface area contributed by atoms with Crippen molar-refractivity contribution in [3.05, 3.63) is 29.8 Å². The molecule has 1 aromatic carbocycles. The third kappa shape index (κ3) is 6.59. The van der Waals surface area contributed by atoms with Crippen molar-refractivity contribution < 1.29 is 14.2 Å². The van der Waals surface area contributed by atoms with Crippen molar-refractivity contribution in [3.63, 3.8) is 0 Å². The molecule has 2 N–H and O–H groups in total. The van der Waals surface area contributed by atoms with E-state index >= 15 is 0 Å². The molecule has 0 atom stereocenters. The fourth-order valence-corrected chi connectivity index (χ4v) is 1.43. The minimum absolute atomic E-state index is 0.254. The van der Waals surface area contributed by atoms with E-state index in [1.165, 1.54) is 0 Å². The highest BCUT2D eigenvalue weighted by Crippen LogP contribution is 2.12. The molecule has 0 aliphatic rings. The third-order valence-corrected chi connectivity index (χ3v) is 2.31. The van der Waals surface area contributed by atoms with E-state index in [4.69, 9.17) is 19.9 Å². The molecule has 0 saturated carbocycles. The zero-order valence-electron chi connectivity index (χ0n) is 11.2. The highest BCUT2D eigenvalue weighted by Gasteiger charge is 1.96. The monoisotopic (exact) mass is 253 g/mol. The number of rotatable bonds is 9. The zero-order valence-corrected chi connectivity index (χ0v) is 11.2. The van der Waals surface area contributed by atoms with E-state index in [0.717, 1.165) is 11.3 Å². The van der Waals surface area contributed by atoms with Crippen LogP contribution in [0, 0.1) is 0 Å². The molecule has 4 nitrogen and oxygen atoms in total. The molecular weight excluding hydrogens is 230 g/mol. The standard InChI is InChI=1S/C14H23NO3/c1-12(2)17-8-6-16-7-9-18-14-5-3-4-13(10-14)11-15/h3-5,10,12H,6-9,11,15H2,1-2H3. The van der Waals surface area contributed by atoms with Gasteiger partial charge in [0, 0.05) is 6.54 Å². The van der Waals surface area contributed by atoms with Gasteiger partial charge in [-0.3, -0.25) is 0 Å². The van der Waals surface area contributed by atoms with Gasteiger partial charge in [0.2, 0.25) is 0 Å². The van der Waals surface area contributed by atoms with Crippen LogP contribution < -0.4 is 10.5 Å². The van der Waals surface area contributed by atoms with Crippen molar-refractivity contribution in [3.8, 4) is 5.75 Å². The van der Waals surface area contributed by atoms with Gasteiger partial charge in [-0.2, -0.15) is 0 Å². The topological polar surface area (TPSA) is 53.7 Å².